The third-order valence-corrected chi connectivity index (χ3v) is 3.39. The summed E-state index contributed by atoms with van der Waals surface area (Å²) >= 11 is 3.79. The van der Waals surface area contributed by atoms with Crippen LogP contribution < -0.4 is 0 Å². The van der Waals surface area contributed by atoms with E-state index in [2.05, 4.69) is 41.9 Å². The summed E-state index contributed by atoms with van der Waals surface area (Å²) in [6.07, 6.45) is 1.04. The fourth-order valence-electron chi connectivity index (χ4n) is 2.10. The lowest BCUT2D eigenvalue weighted by Gasteiger charge is -2.07. The van der Waals surface area contributed by atoms with Gasteiger partial charge in [-0.1, -0.05) is 54.6 Å². The van der Waals surface area contributed by atoms with Crippen LogP contribution >= 0.6 is 12.6 Å². The van der Waals surface area contributed by atoms with Crippen molar-refractivity contribution in [3.8, 4) is 11.1 Å². The van der Waals surface area contributed by atoms with E-state index in [1.807, 2.05) is 30.3 Å². The van der Waals surface area contributed by atoms with Gasteiger partial charge in [0.2, 0.25) is 0 Å². The molecule has 0 bridgehead atoms. The van der Waals surface area contributed by atoms with E-state index in [0.29, 0.717) is 12.8 Å². The molecule has 0 saturated carbocycles. The Bertz CT molecular complexity index is 603. The molecule has 0 fully saturated rings. The molecular weight excluding hydrogens is 266 g/mol. The number of hydrogen-bond donors (Lipinski definition) is 1. The second-order valence-corrected chi connectivity index (χ2v) is 5.01. The van der Waals surface area contributed by atoms with Gasteiger partial charge in [0.05, 0.1) is 0 Å². The average Bonchev–Trinajstić information content (AvgIpc) is 2.49. The maximum Gasteiger partial charge on any atom is 0.186 e. The van der Waals surface area contributed by atoms with E-state index in [1.165, 1.54) is 11.1 Å². The first-order chi connectivity index (χ1) is 9.70. The van der Waals surface area contributed by atoms with Crippen molar-refractivity contribution in [3.05, 3.63) is 60.2 Å². The second-order valence-electron chi connectivity index (χ2n) is 4.51. The molecule has 102 valence electrons. The van der Waals surface area contributed by atoms with Crippen LogP contribution in [0, 0.1) is 0 Å². The Morgan fingerprint density at radius 2 is 1.55 bits per heavy atom. The highest BCUT2D eigenvalue weighted by molar-refractivity contribution is 7.96. The van der Waals surface area contributed by atoms with Crippen molar-refractivity contribution in [1.82, 2.24) is 0 Å². The molecule has 0 spiro atoms. The quantitative estimate of drug-likeness (QED) is 0.652. The highest BCUT2D eigenvalue weighted by Crippen LogP contribution is 2.20. The molecule has 0 aliphatic heterocycles. The first kappa shape index (κ1) is 14.5. The van der Waals surface area contributed by atoms with Crippen molar-refractivity contribution in [3.63, 3.8) is 0 Å². The Morgan fingerprint density at radius 1 is 0.950 bits per heavy atom. The summed E-state index contributed by atoms with van der Waals surface area (Å²) in [6.45, 7) is 0. The molecule has 0 aromatic heterocycles. The minimum Gasteiger partial charge on any atom is -0.292 e. The van der Waals surface area contributed by atoms with Gasteiger partial charge < -0.3 is 0 Å². The summed E-state index contributed by atoms with van der Waals surface area (Å²) in [4.78, 5) is 15.2. The van der Waals surface area contributed by atoms with Gasteiger partial charge in [0.25, 0.3) is 0 Å². The summed E-state index contributed by atoms with van der Waals surface area (Å²) in [5.74, 6) is 0. The molecule has 0 aliphatic carbocycles. The first-order valence-corrected chi connectivity index (χ1v) is 6.98. The topological polar surface area (TPSA) is 29.4 Å². The number of thiol groups is 1. The number of carbonyl (C=O) groups excluding carboxylic acids is 1. The molecule has 0 amide bonds. The fraction of sp³-hybridized carbons (Fsp3) is 0.176. The predicted octanol–water partition coefficient (Wildman–Crippen LogP) is 4.01. The van der Waals surface area contributed by atoms with Crippen LogP contribution in [0.1, 0.15) is 18.4 Å². The van der Waals surface area contributed by atoms with Gasteiger partial charge in [0.1, 0.15) is 0 Å². The summed E-state index contributed by atoms with van der Waals surface area (Å²) in [5.41, 5.74) is 4.36. The number of carbonyl (C=O) groups is 1. The van der Waals surface area contributed by atoms with Gasteiger partial charge in [-0.25, -0.2) is 0 Å². The predicted molar refractivity (Wildman–Crippen MR) is 87.6 cm³/mol. The van der Waals surface area contributed by atoms with Gasteiger partial charge in [0.15, 0.2) is 5.12 Å². The van der Waals surface area contributed by atoms with Crippen LogP contribution in [0.5, 0.6) is 0 Å². The van der Waals surface area contributed by atoms with E-state index in [4.69, 9.17) is 0 Å². The molecule has 0 saturated heterocycles. The van der Waals surface area contributed by atoms with E-state index >= 15 is 0 Å². The van der Waals surface area contributed by atoms with Crippen molar-refractivity contribution in [2.75, 3.05) is 7.05 Å². The fourth-order valence-corrected chi connectivity index (χ4v) is 2.21. The van der Waals surface area contributed by atoms with Gasteiger partial charge >= 0.3 is 0 Å². The number of benzene rings is 2. The molecule has 2 aromatic carbocycles. The van der Waals surface area contributed by atoms with Gasteiger partial charge in [0, 0.05) is 19.2 Å². The smallest absolute Gasteiger partial charge is 0.186 e. The highest BCUT2D eigenvalue weighted by atomic mass is 32.1. The lowest BCUT2D eigenvalue weighted by atomic mass is 10.0. The minimum atomic E-state index is -0.105. The Labute approximate surface area is 125 Å². The zero-order valence-electron chi connectivity index (χ0n) is 11.4. The molecule has 0 N–H and O–H groups in total. The molecule has 2 rings (SSSR count). The van der Waals surface area contributed by atoms with Gasteiger partial charge in [-0.15, -0.1) is 12.6 Å². The van der Waals surface area contributed by atoms with Gasteiger partial charge in [-0.2, -0.15) is 0 Å². The van der Waals surface area contributed by atoms with Crippen LogP contribution in [0.2, 0.25) is 0 Å². The third-order valence-electron chi connectivity index (χ3n) is 3.17. The molecule has 3 heteroatoms. The zero-order chi connectivity index (χ0) is 14.4. The maximum absolute atomic E-state index is 10.9. The number of rotatable bonds is 5. The van der Waals surface area contributed by atoms with Crippen LogP contribution in [-0.4, -0.2) is 17.9 Å². The Kier molecular flexibility index (Phi) is 5.13. The van der Waals surface area contributed by atoms with Crippen molar-refractivity contribution < 1.29 is 4.79 Å². The lowest BCUT2D eigenvalue weighted by molar-refractivity contribution is -0.110. The monoisotopic (exact) mass is 283 g/mol. The number of nitrogens with zero attached hydrogens (tertiary/aromatic N) is 1. The van der Waals surface area contributed by atoms with Crippen LogP contribution in [-0.2, 0) is 4.79 Å². The summed E-state index contributed by atoms with van der Waals surface area (Å²) in [5, 5.41) is -0.105. The largest absolute Gasteiger partial charge is 0.292 e. The van der Waals surface area contributed by atoms with Crippen molar-refractivity contribution in [2.45, 2.75) is 12.8 Å². The van der Waals surface area contributed by atoms with Gasteiger partial charge in [-0.05, 0) is 23.1 Å². The van der Waals surface area contributed by atoms with Crippen LogP contribution in [0.4, 0.5) is 0 Å². The Hall–Kier alpha value is -1.87. The van der Waals surface area contributed by atoms with E-state index < -0.39 is 0 Å². The molecule has 2 nitrogen and oxygen atoms in total. The molecule has 0 heterocycles. The maximum atomic E-state index is 10.9. The van der Waals surface area contributed by atoms with Crippen LogP contribution in [0.15, 0.2) is 59.6 Å². The average molecular weight is 283 g/mol. The lowest BCUT2D eigenvalue weighted by Crippen LogP contribution is -2.03. The molecule has 2 aromatic rings. The summed E-state index contributed by atoms with van der Waals surface area (Å²) < 4.78 is 0. The molecule has 20 heavy (non-hydrogen) atoms. The normalized spacial score (nSPS) is 11.4. The summed E-state index contributed by atoms with van der Waals surface area (Å²) in [6, 6.07) is 18.5. The highest BCUT2D eigenvalue weighted by Gasteiger charge is 2.05. The van der Waals surface area contributed by atoms with Gasteiger partial charge in [-0.3, -0.25) is 9.79 Å². The molecule has 0 unspecified atom stereocenters. The number of hydrogen-bond acceptors (Lipinski definition) is 2. The van der Waals surface area contributed by atoms with Crippen molar-refractivity contribution in [1.29, 1.82) is 0 Å². The van der Waals surface area contributed by atoms with E-state index in [0.717, 1.165) is 11.3 Å². The molecule has 0 aliphatic rings. The molecule has 0 atom stereocenters. The third kappa shape index (κ3) is 3.81. The van der Waals surface area contributed by atoms with Crippen LogP contribution in [0.25, 0.3) is 11.1 Å². The first-order valence-electron chi connectivity index (χ1n) is 6.54. The van der Waals surface area contributed by atoms with E-state index in [-0.39, 0.29) is 5.12 Å². The standard InChI is InChI=1S/C17H17NOS/c1-18-16(11-12-17(19)20)15-9-7-14(8-10-15)13-5-3-2-4-6-13/h2-10H,11-12H2,1H3,(H,19,20). The Balaban J connectivity index is 2.17. The zero-order valence-corrected chi connectivity index (χ0v) is 12.3. The minimum absolute atomic E-state index is 0.105. The van der Waals surface area contributed by atoms with Crippen molar-refractivity contribution >= 4 is 23.5 Å². The van der Waals surface area contributed by atoms with Crippen molar-refractivity contribution in [2.24, 2.45) is 4.99 Å². The molecule has 0 radical (unpaired) electrons. The number of aliphatic imine (C=N–C) groups is 1. The Morgan fingerprint density at radius 3 is 2.10 bits per heavy atom. The molecular formula is C17H17NOS. The second kappa shape index (κ2) is 7.06. The van der Waals surface area contributed by atoms with Crippen LogP contribution in [0.3, 0.4) is 0 Å². The summed E-state index contributed by atoms with van der Waals surface area (Å²) in [7, 11) is 1.75. The SMILES string of the molecule is CN=C(CCC(=O)S)c1ccc(-c2ccccc2)cc1. The van der Waals surface area contributed by atoms with E-state index in [9.17, 15) is 4.79 Å². The van der Waals surface area contributed by atoms with E-state index in [1.54, 1.807) is 7.05 Å².